The van der Waals surface area contributed by atoms with E-state index in [0.29, 0.717) is 4.90 Å². The number of hydrogen-bond acceptors (Lipinski definition) is 4. The zero-order valence-electron chi connectivity index (χ0n) is 9.80. The number of carbonyl (C=O) groups is 3. The molecule has 0 aliphatic heterocycles. The van der Waals surface area contributed by atoms with E-state index >= 15 is 0 Å². The van der Waals surface area contributed by atoms with Crippen molar-refractivity contribution in [3.63, 3.8) is 0 Å². The monoisotopic (exact) mass is 345 g/mol. The first-order valence-electron chi connectivity index (χ1n) is 5.15. The van der Waals surface area contributed by atoms with E-state index < -0.39 is 17.7 Å². The first-order chi connectivity index (χ1) is 8.81. The highest BCUT2D eigenvalue weighted by molar-refractivity contribution is 9.10. The highest BCUT2D eigenvalue weighted by atomic mass is 79.9. The van der Waals surface area contributed by atoms with E-state index in [1.165, 1.54) is 6.07 Å². The summed E-state index contributed by atoms with van der Waals surface area (Å²) >= 11 is 7.41. The predicted molar refractivity (Wildman–Crippen MR) is 75.7 cm³/mol. The van der Waals surface area contributed by atoms with Crippen LogP contribution in [0.2, 0.25) is 0 Å². The van der Waals surface area contributed by atoms with Crippen LogP contribution < -0.4 is 11.5 Å². The minimum absolute atomic E-state index is 0.258. The van der Waals surface area contributed by atoms with E-state index in [4.69, 9.17) is 11.5 Å². The van der Waals surface area contributed by atoms with Crippen LogP contribution in [0.1, 0.15) is 10.4 Å². The Hall–Kier alpha value is -1.54. The van der Waals surface area contributed by atoms with Gasteiger partial charge in [0.15, 0.2) is 0 Å². The summed E-state index contributed by atoms with van der Waals surface area (Å²) in [7, 11) is 0. The molecular formula is C11H12BrN3O3S. The largest absolute Gasteiger partial charge is 0.368 e. The molecule has 0 aliphatic carbocycles. The SMILES string of the molecule is NC(=O)CN(CC(N)=O)C(=O)c1ccc(Br)cc1S. The molecule has 0 fully saturated rings. The van der Waals surface area contributed by atoms with Gasteiger partial charge < -0.3 is 16.4 Å². The molecule has 0 bridgehead atoms. The summed E-state index contributed by atoms with van der Waals surface area (Å²) in [5, 5.41) is 0. The molecule has 0 aliphatic rings. The van der Waals surface area contributed by atoms with Crippen molar-refractivity contribution >= 4 is 46.3 Å². The van der Waals surface area contributed by atoms with Gasteiger partial charge in [-0.25, -0.2) is 0 Å². The van der Waals surface area contributed by atoms with Crippen LogP contribution in [0.15, 0.2) is 27.6 Å². The molecule has 1 rings (SSSR count). The molecule has 4 N–H and O–H groups in total. The Morgan fingerprint density at radius 3 is 2.11 bits per heavy atom. The lowest BCUT2D eigenvalue weighted by Crippen LogP contribution is -2.43. The highest BCUT2D eigenvalue weighted by Gasteiger charge is 2.21. The van der Waals surface area contributed by atoms with Crippen molar-refractivity contribution in [1.82, 2.24) is 4.90 Å². The van der Waals surface area contributed by atoms with E-state index in [-0.39, 0.29) is 18.7 Å². The van der Waals surface area contributed by atoms with Gasteiger partial charge in [0.1, 0.15) is 13.1 Å². The first kappa shape index (κ1) is 15.5. The van der Waals surface area contributed by atoms with Crippen molar-refractivity contribution in [3.8, 4) is 0 Å². The molecule has 0 aromatic heterocycles. The zero-order valence-corrected chi connectivity index (χ0v) is 12.3. The summed E-state index contributed by atoms with van der Waals surface area (Å²) in [6.45, 7) is -0.768. The highest BCUT2D eigenvalue weighted by Crippen LogP contribution is 2.21. The Labute approximate surface area is 123 Å². The van der Waals surface area contributed by atoms with E-state index in [9.17, 15) is 14.4 Å². The van der Waals surface area contributed by atoms with E-state index in [1.807, 2.05) is 0 Å². The van der Waals surface area contributed by atoms with Gasteiger partial charge in [-0.05, 0) is 18.2 Å². The molecule has 0 unspecified atom stereocenters. The van der Waals surface area contributed by atoms with Gasteiger partial charge in [0.05, 0.1) is 5.56 Å². The molecule has 0 atom stereocenters. The fourth-order valence-electron chi connectivity index (χ4n) is 1.43. The summed E-state index contributed by atoms with van der Waals surface area (Å²) in [6, 6.07) is 4.81. The zero-order chi connectivity index (χ0) is 14.6. The summed E-state index contributed by atoms with van der Waals surface area (Å²) < 4.78 is 0.755. The fraction of sp³-hybridized carbons (Fsp3) is 0.182. The second kappa shape index (κ2) is 6.58. The summed E-state index contributed by atoms with van der Waals surface area (Å²) in [5.41, 5.74) is 10.3. The average molecular weight is 346 g/mol. The number of amides is 3. The number of rotatable bonds is 5. The van der Waals surface area contributed by atoms with Crippen LogP contribution in [0.5, 0.6) is 0 Å². The molecule has 8 heteroatoms. The fourth-order valence-corrected chi connectivity index (χ4v) is 2.28. The molecular weight excluding hydrogens is 334 g/mol. The van der Waals surface area contributed by atoms with Gasteiger partial charge in [-0.1, -0.05) is 15.9 Å². The van der Waals surface area contributed by atoms with Crippen molar-refractivity contribution in [2.24, 2.45) is 11.5 Å². The van der Waals surface area contributed by atoms with Gasteiger partial charge >= 0.3 is 0 Å². The third kappa shape index (κ3) is 4.56. The predicted octanol–water partition coefficient (Wildman–Crippen LogP) is 0.151. The Morgan fingerprint density at radius 2 is 1.68 bits per heavy atom. The lowest BCUT2D eigenvalue weighted by atomic mass is 10.2. The molecule has 1 aromatic rings. The maximum Gasteiger partial charge on any atom is 0.255 e. The molecule has 19 heavy (non-hydrogen) atoms. The Kier molecular flexibility index (Phi) is 5.37. The van der Waals surface area contributed by atoms with Crippen molar-refractivity contribution < 1.29 is 14.4 Å². The van der Waals surface area contributed by atoms with E-state index in [0.717, 1.165) is 9.37 Å². The number of benzene rings is 1. The van der Waals surface area contributed by atoms with Gasteiger partial charge in [-0.15, -0.1) is 12.6 Å². The second-order valence-corrected chi connectivity index (χ2v) is 5.15. The Morgan fingerprint density at radius 1 is 1.16 bits per heavy atom. The lowest BCUT2D eigenvalue weighted by molar-refractivity contribution is -0.121. The van der Waals surface area contributed by atoms with Crippen molar-refractivity contribution in [1.29, 1.82) is 0 Å². The number of thiol groups is 1. The van der Waals surface area contributed by atoms with Crippen LogP contribution in [0, 0.1) is 0 Å². The minimum atomic E-state index is -0.729. The first-order valence-corrected chi connectivity index (χ1v) is 6.39. The number of nitrogens with zero attached hydrogens (tertiary/aromatic N) is 1. The Bertz CT molecular complexity index is 520. The third-order valence-corrected chi connectivity index (χ3v) is 3.03. The van der Waals surface area contributed by atoms with Crippen LogP contribution in [0.4, 0.5) is 0 Å². The van der Waals surface area contributed by atoms with E-state index in [2.05, 4.69) is 28.6 Å². The molecule has 0 heterocycles. The van der Waals surface area contributed by atoms with Crippen molar-refractivity contribution in [3.05, 3.63) is 28.2 Å². The van der Waals surface area contributed by atoms with Gasteiger partial charge in [0.2, 0.25) is 11.8 Å². The van der Waals surface area contributed by atoms with Gasteiger partial charge in [0.25, 0.3) is 5.91 Å². The Balaban J connectivity index is 3.04. The van der Waals surface area contributed by atoms with Gasteiger partial charge in [-0.3, -0.25) is 14.4 Å². The van der Waals surface area contributed by atoms with Crippen molar-refractivity contribution in [2.75, 3.05) is 13.1 Å². The second-order valence-electron chi connectivity index (χ2n) is 3.76. The normalized spacial score (nSPS) is 10.0. The standard InChI is InChI=1S/C11H12BrN3O3S/c12-6-1-2-7(8(19)3-6)11(18)15(4-9(13)16)5-10(14)17/h1-3,19H,4-5H2,(H2,13,16)(H2,14,17). The van der Waals surface area contributed by atoms with Crippen LogP contribution in [0.3, 0.4) is 0 Å². The summed E-state index contributed by atoms with van der Waals surface area (Å²) in [5.74, 6) is -1.99. The van der Waals surface area contributed by atoms with Crippen LogP contribution in [-0.4, -0.2) is 35.7 Å². The molecule has 0 saturated heterocycles. The summed E-state index contributed by atoms with van der Waals surface area (Å²) in [6.07, 6.45) is 0. The maximum absolute atomic E-state index is 12.2. The topological polar surface area (TPSA) is 106 Å². The smallest absolute Gasteiger partial charge is 0.255 e. The van der Waals surface area contributed by atoms with Crippen LogP contribution in [-0.2, 0) is 9.59 Å². The van der Waals surface area contributed by atoms with Gasteiger partial charge in [-0.2, -0.15) is 0 Å². The number of hydrogen-bond donors (Lipinski definition) is 3. The van der Waals surface area contributed by atoms with Gasteiger partial charge in [0, 0.05) is 9.37 Å². The maximum atomic E-state index is 12.2. The molecule has 102 valence electrons. The number of halogens is 1. The third-order valence-electron chi connectivity index (χ3n) is 2.17. The van der Waals surface area contributed by atoms with Crippen molar-refractivity contribution in [2.45, 2.75) is 4.90 Å². The van der Waals surface area contributed by atoms with Crippen LogP contribution in [0.25, 0.3) is 0 Å². The molecule has 0 saturated carbocycles. The molecule has 0 spiro atoms. The molecule has 6 nitrogen and oxygen atoms in total. The molecule has 0 radical (unpaired) electrons. The van der Waals surface area contributed by atoms with E-state index in [1.54, 1.807) is 12.1 Å². The number of carbonyl (C=O) groups excluding carboxylic acids is 3. The molecule has 1 aromatic carbocycles. The number of primary amides is 2. The lowest BCUT2D eigenvalue weighted by Gasteiger charge is -2.20. The molecule has 3 amide bonds. The summed E-state index contributed by atoms with van der Waals surface area (Å²) in [4.78, 5) is 35.4. The minimum Gasteiger partial charge on any atom is -0.368 e. The van der Waals surface area contributed by atoms with Crippen LogP contribution >= 0.6 is 28.6 Å². The quantitative estimate of drug-likeness (QED) is 0.661. The number of nitrogens with two attached hydrogens (primary N) is 2. The average Bonchev–Trinajstić information content (AvgIpc) is 2.26.